The summed E-state index contributed by atoms with van der Waals surface area (Å²) in [4.78, 5) is 7.94. The Balaban J connectivity index is 2.01. The van der Waals surface area contributed by atoms with Crippen LogP contribution < -0.4 is 10.6 Å². The van der Waals surface area contributed by atoms with Crippen LogP contribution in [0.5, 0.6) is 0 Å². The van der Waals surface area contributed by atoms with Crippen molar-refractivity contribution in [1.82, 2.24) is 9.97 Å². The van der Waals surface area contributed by atoms with Gasteiger partial charge >= 0.3 is 0 Å². The van der Waals surface area contributed by atoms with Crippen LogP contribution in [0.25, 0.3) is 0 Å². The largest absolute Gasteiger partial charge is 0.365 e. The van der Waals surface area contributed by atoms with Crippen molar-refractivity contribution in [3.63, 3.8) is 0 Å². The molecular formula is C12H19FN4O2S. The maximum absolute atomic E-state index is 13.7. The van der Waals surface area contributed by atoms with E-state index in [1.807, 2.05) is 6.92 Å². The molecule has 0 radical (unpaired) electrons. The zero-order valence-corrected chi connectivity index (χ0v) is 12.2. The first kappa shape index (κ1) is 15.0. The van der Waals surface area contributed by atoms with Crippen molar-refractivity contribution in [3.8, 4) is 0 Å². The maximum Gasteiger partial charge on any atom is 0.224 e. The molecule has 1 aliphatic rings. The summed E-state index contributed by atoms with van der Waals surface area (Å²) in [5, 5.41) is 5.96. The summed E-state index contributed by atoms with van der Waals surface area (Å²) in [7, 11) is -2.92. The highest BCUT2D eigenvalue weighted by Crippen LogP contribution is 2.19. The fourth-order valence-electron chi connectivity index (χ4n) is 2.02. The van der Waals surface area contributed by atoms with Crippen molar-refractivity contribution in [2.24, 2.45) is 0 Å². The summed E-state index contributed by atoms with van der Waals surface area (Å²) < 4.78 is 36.4. The number of hydrogen-bond donors (Lipinski definition) is 2. The fourth-order valence-corrected chi connectivity index (χ4v) is 3.51. The Hall–Kier alpha value is -1.44. The second kappa shape index (κ2) is 6.34. The van der Waals surface area contributed by atoms with E-state index in [0.29, 0.717) is 25.3 Å². The highest BCUT2D eigenvalue weighted by Gasteiger charge is 2.24. The molecule has 0 bridgehead atoms. The lowest BCUT2D eigenvalue weighted by atomic mass is 10.1. The second-order valence-electron chi connectivity index (χ2n) is 4.89. The molecule has 8 heteroatoms. The minimum atomic E-state index is -2.92. The number of aromatic nitrogens is 2. The van der Waals surface area contributed by atoms with Gasteiger partial charge in [0.15, 0.2) is 11.6 Å². The van der Waals surface area contributed by atoms with Crippen LogP contribution in [-0.4, -0.2) is 42.5 Å². The molecule has 20 heavy (non-hydrogen) atoms. The SMILES string of the molecule is CCCNc1ncc(F)c(NC2CCS(=O)(=O)CC2)n1. The van der Waals surface area contributed by atoms with Gasteiger partial charge in [0.1, 0.15) is 9.84 Å². The topological polar surface area (TPSA) is 84.0 Å². The molecule has 1 aromatic heterocycles. The molecule has 0 aromatic carbocycles. The van der Waals surface area contributed by atoms with Crippen LogP contribution >= 0.6 is 0 Å². The molecule has 1 aromatic rings. The summed E-state index contributed by atoms with van der Waals surface area (Å²) in [6.07, 6.45) is 2.99. The molecule has 2 N–H and O–H groups in total. The lowest BCUT2D eigenvalue weighted by molar-refractivity contribution is 0.555. The molecule has 0 atom stereocenters. The van der Waals surface area contributed by atoms with E-state index in [1.165, 1.54) is 0 Å². The molecule has 0 amide bonds. The van der Waals surface area contributed by atoms with Crippen molar-refractivity contribution in [2.75, 3.05) is 28.7 Å². The van der Waals surface area contributed by atoms with Crippen molar-refractivity contribution < 1.29 is 12.8 Å². The zero-order chi connectivity index (χ0) is 14.6. The Morgan fingerprint density at radius 2 is 2.10 bits per heavy atom. The number of rotatable bonds is 5. The third-order valence-electron chi connectivity index (χ3n) is 3.17. The maximum atomic E-state index is 13.7. The molecule has 112 valence electrons. The number of halogens is 1. The molecule has 0 saturated carbocycles. The van der Waals surface area contributed by atoms with Gasteiger partial charge in [-0.3, -0.25) is 0 Å². The number of nitrogens with zero attached hydrogens (tertiary/aromatic N) is 2. The normalized spacial score (nSPS) is 18.7. The van der Waals surface area contributed by atoms with E-state index in [1.54, 1.807) is 0 Å². The number of nitrogens with one attached hydrogen (secondary N) is 2. The first-order chi connectivity index (χ1) is 9.50. The van der Waals surface area contributed by atoms with Crippen molar-refractivity contribution in [2.45, 2.75) is 32.2 Å². The third kappa shape index (κ3) is 4.03. The van der Waals surface area contributed by atoms with E-state index >= 15 is 0 Å². The number of hydrogen-bond acceptors (Lipinski definition) is 6. The van der Waals surface area contributed by atoms with Gasteiger partial charge in [-0.2, -0.15) is 4.98 Å². The zero-order valence-electron chi connectivity index (χ0n) is 11.4. The minimum absolute atomic E-state index is 0.0676. The molecule has 1 fully saturated rings. The minimum Gasteiger partial charge on any atom is -0.365 e. The van der Waals surface area contributed by atoms with Crippen molar-refractivity contribution >= 4 is 21.6 Å². The van der Waals surface area contributed by atoms with E-state index in [-0.39, 0.29) is 23.4 Å². The predicted molar refractivity (Wildman–Crippen MR) is 76.1 cm³/mol. The summed E-state index contributed by atoms with van der Waals surface area (Å²) in [6, 6.07) is -0.0676. The molecule has 1 aliphatic heterocycles. The van der Waals surface area contributed by atoms with Crippen LogP contribution in [0.1, 0.15) is 26.2 Å². The van der Waals surface area contributed by atoms with E-state index in [2.05, 4.69) is 20.6 Å². The average molecular weight is 302 g/mol. The summed E-state index contributed by atoms with van der Waals surface area (Å²) in [5.74, 6) is 0.249. The standard InChI is InChI=1S/C12H19FN4O2S/c1-2-5-14-12-15-8-10(13)11(17-12)16-9-3-6-20(18,19)7-4-9/h8-9H,2-7H2,1H3,(H2,14,15,16,17). The Morgan fingerprint density at radius 1 is 1.40 bits per heavy atom. The summed E-state index contributed by atoms with van der Waals surface area (Å²) in [6.45, 7) is 2.73. The lowest BCUT2D eigenvalue weighted by Crippen LogP contribution is -2.32. The lowest BCUT2D eigenvalue weighted by Gasteiger charge is -2.23. The smallest absolute Gasteiger partial charge is 0.224 e. The average Bonchev–Trinajstić information content (AvgIpc) is 2.42. The molecule has 2 heterocycles. The van der Waals surface area contributed by atoms with Crippen LogP contribution in [0.3, 0.4) is 0 Å². The Morgan fingerprint density at radius 3 is 2.75 bits per heavy atom. The molecule has 0 spiro atoms. The van der Waals surface area contributed by atoms with Crippen LogP contribution in [0, 0.1) is 5.82 Å². The van der Waals surface area contributed by atoms with Crippen LogP contribution in [-0.2, 0) is 9.84 Å². The van der Waals surface area contributed by atoms with Crippen LogP contribution in [0.2, 0.25) is 0 Å². The van der Waals surface area contributed by atoms with E-state index in [4.69, 9.17) is 0 Å². The number of sulfone groups is 1. The number of anilines is 2. The van der Waals surface area contributed by atoms with Gasteiger partial charge in [-0.25, -0.2) is 17.8 Å². The van der Waals surface area contributed by atoms with Crippen LogP contribution in [0.4, 0.5) is 16.2 Å². The molecule has 0 unspecified atom stereocenters. The monoisotopic (exact) mass is 302 g/mol. The fraction of sp³-hybridized carbons (Fsp3) is 0.667. The quantitative estimate of drug-likeness (QED) is 0.856. The van der Waals surface area contributed by atoms with Crippen molar-refractivity contribution in [3.05, 3.63) is 12.0 Å². The van der Waals surface area contributed by atoms with Gasteiger partial charge in [0.25, 0.3) is 0 Å². The van der Waals surface area contributed by atoms with Gasteiger partial charge in [0, 0.05) is 12.6 Å². The second-order valence-corrected chi connectivity index (χ2v) is 7.19. The molecule has 2 rings (SSSR count). The first-order valence-corrected chi connectivity index (χ1v) is 8.55. The van der Waals surface area contributed by atoms with E-state index in [0.717, 1.165) is 12.6 Å². The predicted octanol–water partition coefficient (Wildman–Crippen LogP) is 1.43. The summed E-state index contributed by atoms with van der Waals surface area (Å²) >= 11 is 0. The summed E-state index contributed by atoms with van der Waals surface area (Å²) in [5.41, 5.74) is 0. The highest BCUT2D eigenvalue weighted by atomic mass is 32.2. The van der Waals surface area contributed by atoms with Crippen LogP contribution in [0.15, 0.2) is 6.20 Å². The van der Waals surface area contributed by atoms with Gasteiger partial charge < -0.3 is 10.6 Å². The Kier molecular flexibility index (Phi) is 4.74. The van der Waals surface area contributed by atoms with Crippen molar-refractivity contribution in [1.29, 1.82) is 0 Å². The Labute approximate surface area is 118 Å². The van der Waals surface area contributed by atoms with Gasteiger partial charge in [-0.15, -0.1) is 0 Å². The first-order valence-electron chi connectivity index (χ1n) is 6.73. The van der Waals surface area contributed by atoms with Gasteiger partial charge in [-0.1, -0.05) is 6.92 Å². The molecule has 6 nitrogen and oxygen atoms in total. The molecular weight excluding hydrogens is 283 g/mol. The van der Waals surface area contributed by atoms with Gasteiger partial charge in [0.2, 0.25) is 5.95 Å². The van der Waals surface area contributed by atoms with Gasteiger partial charge in [-0.05, 0) is 19.3 Å². The third-order valence-corrected chi connectivity index (χ3v) is 4.89. The molecule has 1 saturated heterocycles. The molecule has 0 aliphatic carbocycles. The van der Waals surface area contributed by atoms with Gasteiger partial charge in [0.05, 0.1) is 17.7 Å². The Bertz CT molecular complexity index is 551. The highest BCUT2D eigenvalue weighted by molar-refractivity contribution is 7.91. The van der Waals surface area contributed by atoms with E-state index < -0.39 is 15.7 Å². The van der Waals surface area contributed by atoms with E-state index in [9.17, 15) is 12.8 Å².